The number of nitrogens with one attached hydrogen (secondary N) is 1. The van der Waals surface area contributed by atoms with Crippen LogP contribution in [-0.2, 0) is 16.0 Å². The van der Waals surface area contributed by atoms with Crippen molar-refractivity contribution >= 4 is 17.6 Å². The summed E-state index contributed by atoms with van der Waals surface area (Å²) < 4.78 is 15.3. The van der Waals surface area contributed by atoms with Crippen LogP contribution >= 0.6 is 0 Å². The van der Waals surface area contributed by atoms with Gasteiger partial charge in [0.05, 0.1) is 19.3 Å². The van der Waals surface area contributed by atoms with Gasteiger partial charge in [0.1, 0.15) is 5.75 Å². The number of anilines is 1. The van der Waals surface area contributed by atoms with Crippen LogP contribution in [0.1, 0.15) is 29.6 Å². The van der Waals surface area contributed by atoms with E-state index in [1.54, 1.807) is 38.3 Å². The number of aryl methyl sites for hydroxylation is 1. The van der Waals surface area contributed by atoms with Gasteiger partial charge >= 0.3 is 5.97 Å². The van der Waals surface area contributed by atoms with Gasteiger partial charge in [-0.25, -0.2) is 4.79 Å². The van der Waals surface area contributed by atoms with E-state index in [2.05, 4.69) is 15.5 Å². The van der Waals surface area contributed by atoms with Crippen molar-refractivity contribution in [2.45, 2.75) is 19.8 Å². The van der Waals surface area contributed by atoms with Gasteiger partial charge in [0, 0.05) is 24.1 Å². The summed E-state index contributed by atoms with van der Waals surface area (Å²) in [5.41, 5.74) is 1.82. The lowest BCUT2D eigenvalue weighted by atomic mass is 10.2. The largest absolute Gasteiger partial charge is 0.497 e. The molecule has 0 bridgehead atoms. The van der Waals surface area contributed by atoms with Crippen molar-refractivity contribution in [1.29, 1.82) is 0 Å². The Kier molecular flexibility index (Phi) is 6.57. The number of nitrogens with zero attached hydrogens (tertiary/aromatic N) is 2. The molecular weight excluding hydrogens is 374 g/mol. The van der Waals surface area contributed by atoms with Crippen molar-refractivity contribution in [3.05, 3.63) is 60.0 Å². The van der Waals surface area contributed by atoms with Crippen LogP contribution < -0.4 is 10.1 Å². The van der Waals surface area contributed by atoms with Crippen molar-refractivity contribution in [3.63, 3.8) is 0 Å². The molecule has 1 heterocycles. The van der Waals surface area contributed by atoms with Crippen molar-refractivity contribution in [2.24, 2.45) is 0 Å². The van der Waals surface area contributed by atoms with Gasteiger partial charge in [0.15, 0.2) is 0 Å². The number of esters is 1. The van der Waals surface area contributed by atoms with Crippen LogP contribution in [0.25, 0.3) is 11.4 Å². The van der Waals surface area contributed by atoms with E-state index in [-0.39, 0.29) is 12.3 Å². The number of carbonyl (C=O) groups is 2. The molecule has 2 aromatic carbocycles. The maximum atomic E-state index is 12.1. The van der Waals surface area contributed by atoms with Gasteiger partial charge in [-0.3, -0.25) is 4.79 Å². The summed E-state index contributed by atoms with van der Waals surface area (Å²) >= 11 is 0. The first-order valence-corrected chi connectivity index (χ1v) is 9.13. The third-order valence-electron chi connectivity index (χ3n) is 4.06. The van der Waals surface area contributed by atoms with Crippen molar-refractivity contribution in [2.75, 3.05) is 19.0 Å². The number of hydrogen-bond donors (Lipinski definition) is 1. The van der Waals surface area contributed by atoms with Gasteiger partial charge < -0.3 is 19.3 Å². The molecule has 8 nitrogen and oxygen atoms in total. The van der Waals surface area contributed by atoms with E-state index in [4.69, 9.17) is 14.0 Å². The number of methoxy groups -OCH3 is 1. The maximum absolute atomic E-state index is 12.1. The molecule has 0 fully saturated rings. The van der Waals surface area contributed by atoms with E-state index in [9.17, 15) is 9.59 Å². The summed E-state index contributed by atoms with van der Waals surface area (Å²) in [5.74, 6) is 0.984. The zero-order valence-electron chi connectivity index (χ0n) is 16.2. The Bertz CT molecular complexity index is 965. The molecule has 0 unspecified atom stereocenters. The maximum Gasteiger partial charge on any atom is 0.338 e. The van der Waals surface area contributed by atoms with E-state index >= 15 is 0 Å². The summed E-state index contributed by atoms with van der Waals surface area (Å²) in [6, 6.07) is 13.8. The first-order chi connectivity index (χ1) is 14.1. The monoisotopic (exact) mass is 395 g/mol. The van der Waals surface area contributed by atoms with Crippen LogP contribution in [0.3, 0.4) is 0 Å². The Labute approximate surface area is 167 Å². The van der Waals surface area contributed by atoms with Gasteiger partial charge in [-0.15, -0.1) is 0 Å². The molecule has 0 saturated heterocycles. The predicted molar refractivity (Wildman–Crippen MR) is 106 cm³/mol. The molecule has 0 aliphatic carbocycles. The molecule has 0 atom stereocenters. The topological polar surface area (TPSA) is 104 Å². The molecule has 0 radical (unpaired) electrons. The highest BCUT2D eigenvalue weighted by molar-refractivity contribution is 5.93. The van der Waals surface area contributed by atoms with Gasteiger partial charge in [-0.2, -0.15) is 4.98 Å². The van der Waals surface area contributed by atoms with E-state index < -0.39 is 5.97 Å². The van der Waals surface area contributed by atoms with Crippen LogP contribution in [0, 0.1) is 0 Å². The molecule has 8 heteroatoms. The fourth-order valence-corrected chi connectivity index (χ4v) is 2.56. The first-order valence-electron chi connectivity index (χ1n) is 9.13. The van der Waals surface area contributed by atoms with Gasteiger partial charge in [-0.1, -0.05) is 5.16 Å². The fraction of sp³-hybridized carbons (Fsp3) is 0.238. The number of benzene rings is 2. The molecule has 3 aromatic rings. The third-order valence-corrected chi connectivity index (χ3v) is 4.06. The van der Waals surface area contributed by atoms with E-state index in [1.165, 1.54) is 0 Å². The molecule has 1 amide bonds. The minimum absolute atomic E-state index is 0.184. The molecule has 150 valence electrons. The second-order valence-corrected chi connectivity index (χ2v) is 6.09. The number of carbonyl (C=O) groups excluding carboxylic acids is 2. The molecule has 0 aliphatic heterocycles. The van der Waals surface area contributed by atoms with Crippen LogP contribution in [0.5, 0.6) is 5.75 Å². The molecule has 3 rings (SSSR count). The number of rotatable bonds is 8. The minimum Gasteiger partial charge on any atom is -0.497 e. The quantitative estimate of drug-likeness (QED) is 0.582. The molecule has 0 spiro atoms. The molecule has 0 aliphatic rings. The summed E-state index contributed by atoms with van der Waals surface area (Å²) in [4.78, 5) is 28.1. The standard InChI is InChI=1S/C21H21N3O5/c1-3-28-21(26)15-4-8-16(9-5-15)22-18(25)12-13-19-23-20(24-29-19)14-6-10-17(27-2)11-7-14/h4-11H,3,12-13H2,1-2H3,(H,22,25). The Hall–Kier alpha value is -3.68. The highest BCUT2D eigenvalue weighted by atomic mass is 16.5. The van der Waals surface area contributed by atoms with E-state index in [1.807, 2.05) is 24.3 Å². The third kappa shape index (κ3) is 5.41. The van der Waals surface area contributed by atoms with Crippen molar-refractivity contribution < 1.29 is 23.6 Å². The molecule has 1 aromatic heterocycles. The molecular formula is C21H21N3O5. The molecule has 1 N–H and O–H groups in total. The average Bonchev–Trinajstić information content (AvgIpc) is 3.22. The summed E-state index contributed by atoms with van der Waals surface area (Å²) in [6.07, 6.45) is 0.500. The minimum atomic E-state index is -0.394. The zero-order valence-corrected chi connectivity index (χ0v) is 16.2. The Morgan fingerprint density at radius 3 is 2.45 bits per heavy atom. The second-order valence-electron chi connectivity index (χ2n) is 6.09. The number of hydrogen-bond acceptors (Lipinski definition) is 7. The number of amides is 1. The van der Waals surface area contributed by atoms with Crippen molar-refractivity contribution in [3.8, 4) is 17.1 Å². The Morgan fingerprint density at radius 1 is 1.07 bits per heavy atom. The second kappa shape index (κ2) is 9.50. The first kappa shape index (κ1) is 20.1. The smallest absolute Gasteiger partial charge is 0.338 e. The van der Waals surface area contributed by atoms with E-state index in [0.717, 1.165) is 11.3 Å². The lowest BCUT2D eigenvalue weighted by Gasteiger charge is -2.06. The van der Waals surface area contributed by atoms with Crippen LogP contribution in [-0.4, -0.2) is 35.7 Å². The van der Waals surface area contributed by atoms with Crippen molar-refractivity contribution in [1.82, 2.24) is 10.1 Å². The average molecular weight is 395 g/mol. The van der Waals surface area contributed by atoms with Crippen LogP contribution in [0.15, 0.2) is 53.1 Å². The Balaban J connectivity index is 1.51. The van der Waals surface area contributed by atoms with Crippen LogP contribution in [0.4, 0.5) is 5.69 Å². The lowest BCUT2D eigenvalue weighted by Crippen LogP contribution is -2.12. The lowest BCUT2D eigenvalue weighted by molar-refractivity contribution is -0.116. The number of aromatic nitrogens is 2. The highest BCUT2D eigenvalue weighted by Gasteiger charge is 2.12. The Morgan fingerprint density at radius 2 is 1.79 bits per heavy atom. The summed E-state index contributed by atoms with van der Waals surface area (Å²) in [5, 5.41) is 6.71. The van der Waals surface area contributed by atoms with Gasteiger partial charge in [0.25, 0.3) is 0 Å². The normalized spacial score (nSPS) is 10.4. The molecule has 0 saturated carbocycles. The van der Waals surface area contributed by atoms with Crippen LogP contribution in [0.2, 0.25) is 0 Å². The van der Waals surface area contributed by atoms with Gasteiger partial charge in [0.2, 0.25) is 17.6 Å². The summed E-state index contributed by atoms with van der Waals surface area (Å²) in [6.45, 7) is 2.06. The zero-order chi connectivity index (χ0) is 20.6. The highest BCUT2D eigenvalue weighted by Crippen LogP contribution is 2.20. The summed E-state index contributed by atoms with van der Waals surface area (Å²) in [7, 11) is 1.60. The SMILES string of the molecule is CCOC(=O)c1ccc(NC(=O)CCc2nc(-c3ccc(OC)cc3)no2)cc1. The number of ether oxygens (including phenoxy) is 2. The molecule has 29 heavy (non-hydrogen) atoms. The predicted octanol–water partition coefficient (Wildman–Crippen LogP) is 3.49. The van der Waals surface area contributed by atoms with E-state index in [0.29, 0.717) is 36.0 Å². The fourth-order valence-electron chi connectivity index (χ4n) is 2.56. The van der Waals surface area contributed by atoms with Gasteiger partial charge in [-0.05, 0) is 55.5 Å².